The molecule has 0 fully saturated rings. The Morgan fingerprint density at radius 2 is 2.04 bits per heavy atom. The van der Waals surface area contributed by atoms with Crippen LogP contribution in [0, 0.1) is 0 Å². The highest BCUT2D eigenvalue weighted by Gasteiger charge is 2.14. The van der Waals surface area contributed by atoms with E-state index in [0.717, 1.165) is 19.8 Å². The number of aryl methyl sites for hydroxylation is 1. The summed E-state index contributed by atoms with van der Waals surface area (Å²) in [6.45, 7) is 0.694. The van der Waals surface area contributed by atoms with E-state index in [2.05, 4.69) is 20.9 Å². The van der Waals surface area contributed by atoms with Crippen LogP contribution in [0.1, 0.15) is 9.67 Å². The molecule has 0 radical (unpaired) electrons. The van der Waals surface area contributed by atoms with Crippen LogP contribution < -0.4 is 4.80 Å². The summed E-state index contributed by atoms with van der Waals surface area (Å²) in [6.07, 6.45) is 3.20. The van der Waals surface area contributed by atoms with Crippen LogP contribution in [0.25, 0.3) is 10.2 Å². The number of aromatic nitrogens is 1. The maximum Gasteiger partial charge on any atom is 0.289 e. The maximum absolute atomic E-state index is 12.5. The van der Waals surface area contributed by atoms with Gasteiger partial charge in [-0.25, -0.2) is 8.42 Å². The van der Waals surface area contributed by atoms with Gasteiger partial charge < -0.3 is 4.57 Å². The van der Waals surface area contributed by atoms with Crippen LogP contribution in [-0.2, 0) is 16.4 Å². The van der Waals surface area contributed by atoms with Crippen LogP contribution in [0.15, 0.2) is 44.0 Å². The van der Waals surface area contributed by atoms with Crippen molar-refractivity contribution in [3.05, 3.63) is 43.8 Å². The Kier molecular flexibility index (Phi) is 6.07. The molecule has 138 valence electrons. The lowest BCUT2D eigenvalue weighted by Crippen LogP contribution is -2.18. The zero-order valence-electron chi connectivity index (χ0n) is 13.9. The van der Waals surface area contributed by atoms with Gasteiger partial charge in [0.2, 0.25) is 0 Å². The van der Waals surface area contributed by atoms with Crippen molar-refractivity contribution in [3.63, 3.8) is 0 Å². The summed E-state index contributed by atoms with van der Waals surface area (Å²) < 4.78 is 27.3. The maximum atomic E-state index is 12.5. The molecule has 0 bridgehead atoms. The van der Waals surface area contributed by atoms with Crippen LogP contribution in [0.3, 0.4) is 0 Å². The fraction of sp³-hybridized carbons (Fsp3) is 0.250. The summed E-state index contributed by atoms with van der Waals surface area (Å²) in [4.78, 5) is 18.2. The van der Waals surface area contributed by atoms with Gasteiger partial charge in [-0.3, -0.25) is 4.79 Å². The second-order valence-corrected chi connectivity index (χ2v) is 11.9. The lowest BCUT2D eigenvalue weighted by atomic mass is 10.3. The first kappa shape index (κ1) is 19.8. The number of hydrogen-bond acceptors (Lipinski definition) is 6. The van der Waals surface area contributed by atoms with Crippen molar-refractivity contribution in [1.29, 1.82) is 0 Å². The summed E-state index contributed by atoms with van der Waals surface area (Å²) in [7, 11) is -3.29. The van der Waals surface area contributed by atoms with Gasteiger partial charge in [-0.15, -0.1) is 11.3 Å². The summed E-state index contributed by atoms with van der Waals surface area (Å²) in [5.74, 6) is 0.569. The number of nitrogens with zero attached hydrogens (tertiary/aromatic N) is 2. The number of sulfone groups is 1. The van der Waals surface area contributed by atoms with Gasteiger partial charge in [0.25, 0.3) is 5.91 Å². The zero-order valence-corrected chi connectivity index (χ0v) is 18.8. The van der Waals surface area contributed by atoms with E-state index in [4.69, 9.17) is 0 Å². The molecular weight excluding hydrogens is 476 g/mol. The van der Waals surface area contributed by atoms with Gasteiger partial charge in [0.15, 0.2) is 14.6 Å². The Hall–Kier alpha value is -0.940. The molecule has 1 aromatic carbocycles. The third-order valence-electron chi connectivity index (χ3n) is 3.58. The molecule has 0 atom stereocenters. The van der Waals surface area contributed by atoms with E-state index in [0.29, 0.717) is 16.2 Å². The van der Waals surface area contributed by atoms with Crippen LogP contribution in [0.4, 0.5) is 0 Å². The highest BCUT2D eigenvalue weighted by molar-refractivity contribution is 9.11. The minimum absolute atomic E-state index is 0.267. The normalized spacial score (nSPS) is 12.8. The zero-order chi connectivity index (χ0) is 18.9. The van der Waals surface area contributed by atoms with E-state index in [1.54, 1.807) is 36.0 Å². The van der Waals surface area contributed by atoms with E-state index in [9.17, 15) is 13.2 Å². The minimum Gasteiger partial charge on any atom is -0.316 e. The lowest BCUT2D eigenvalue weighted by Gasteiger charge is -2.04. The molecule has 0 saturated heterocycles. The van der Waals surface area contributed by atoms with Crippen LogP contribution in [-0.4, -0.2) is 37.2 Å². The van der Waals surface area contributed by atoms with E-state index in [1.165, 1.54) is 28.9 Å². The number of halogens is 1. The van der Waals surface area contributed by atoms with E-state index >= 15 is 0 Å². The molecule has 0 spiro atoms. The van der Waals surface area contributed by atoms with Crippen molar-refractivity contribution in [3.8, 4) is 0 Å². The number of carbonyl (C=O) groups is 1. The minimum atomic E-state index is -3.29. The standard InChI is InChI=1S/C16H15BrN2O3S4/c1-23-8-7-19-11-4-3-10(26(2,21)22)9-13(11)25-16(19)18-15(20)12-5-6-14(17)24-12/h3-6,9H,7-8H2,1-2H3. The third-order valence-corrected chi connectivity index (χ3v) is 7.94. The van der Waals surface area contributed by atoms with Gasteiger partial charge in [0, 0.05) is 18.6 Å². The predicted octanol–water partition coefficient (Wildman–Crippen LogP) is 4.03. The molecule has 0 N–H and O–H groups in total. The SMILES string of the molecule is CSCCn1c(=NC(=O)c2ccc(Br)s2)sc2cc(S(C)(=O)=O)ccc21. The first-order valence-electron chi connectivity index (χ1n) is 7.46. The Bertz CT molecular complexity index is 1140. The van der Waals surface area contributed by atoms with E-state index in [-0.39, 0.29) is 10.8 Å². The van der Waals surface area contributed by atoms with E-state index < -0.39 is 9.84 Å². The first-order chi connectivity index (χ1) is 12.3. The Labute approximate surface area is 171 Å². The average molecular weight is 491 g/mol. The highest BCUT2D eigenvalue weighted by Crippen LogP contribution is 2.24. The smallest absolute Gasteiger partial charge is 0.289 e. The number of rotatable bonds is 5. The molecule has 26 heavy (non-hydrogen) atoms. The molecule has 0 aliphatic heterocycles. The quantitative estimate of drug-likeness (QED) is 0.541. The van der Waals surface area contributed by atoms with Crippen molar-refractivity contribution in [1.82, 2.24) is 4.57 Å². The molecule has 5 nitrogen and oxygen atoms in total. The van der Waals surface area contributed by atoms with Crippen molar-refractivity contribution in [2.24, 2.45) is 4.99 Å². The van der Waals surface area contributed by atoms with Gasteiger partial charge >= 0.3 is 0 Å². The Morgan fingerprint density at radius 1 is 1.27 bits per heavy atom. The van der Waals surface area contributed by atoms with Crippen molar-refractivity contribution < 1.29 is 13.2 Å². The van der Waals surface area contributed by atoms with Crippen molar-refractivity contribution in [2.75, 3.05) is 18.3 Å². The first-order valence-corrected chi connectivity index (χ1v) is 13.2. The van der Waals surface area contributed by atoms with Crippen molar-refractivity contribution >= 4 is 76.3 Å². The van der Waals surface area contributed by atoms with Crippen LogP contribution >= 0.6 is 50.4 Å². The molecule has 0 aliphatic carbocycles. The lowest BCUT2D eigenvalue weighted by molar-refractivity contribution is 0.100. The molecule has 2 aromatic heterocycles. The van der Waals surface area contributed by atoms with Gasteiger partial charge in [0.05, 0.1) is 23.8 Å². The molecule has 1 amide bonds. The summed E-state index contributed by atoms with van der Waals surface area (Å²) >= 11 is 7.72. The molecular formula is C16H15BrN2O3S4. The van der Waals surface area contributed by atoms with Gasteiger partial charge in [-0.2, -0.15) is 16.8 Å². The van der Waals surface area contributed by atoms with Gasteiger partial charge in [0.1, 0.15) is 0 Å². The van der Waals surface area contributed by atoms with E-state index in [1.807, 2.05) is 16.9 Å². The van der Waals surface area contributed by atoms with Crippen LogP contribution in [0.2, 0.25) is 0 Å². The average Bonchev–Trinajstić information content (AvgIpc) is 3.15. The second kappa shape index (κ2) is 7.97. The number of thiophene rings is 1. The number of carbonyl (C=O) groups excluding carboxylic acids is 1. The fourth-order valence-corrected chi connectivity index (χ4v) is 5.79. The topological polar surface area (TPSA) is 68.5 Å². The molecule has 10 heteroatoms. The molecule has 3 rings (SSSR count). The molecule has 0 saturated carbocycles. The number of fused-ring (bicyclic) bond motifs is 1. The molecule has 3 aromatic rings. The Balaban J connectivity index is 2.16. The predicted molar refractivity (Wildman–Crippen MR) is 113 cm³/mol. The molecule has 2 heterocycles. The molecule has 0 aliphatic rings. The van der Waals surface area contributed by atoms with Gasteiger partial charge in [-0.05, 0) is 52.5 Å². The monoisotopic (exact) mass is 490 g/mol. The number of hydrogen-bond donors (Lipinski definition) is 0. The fourth-order valence-electron chi connectivity index (χ4n) is 2.34. The van der Waals surface area contributed by atoms with Crippen molar-refractivity contribution in [2.45, 2.75) is 11.4 Å². The number of thiazole rings is 1. The largest absolute Gasteiger partial charge is 0.316 e. The second-order valence-electron chi connectivity index (χ2n) is 5.45. The third kappa shape index (κ3) is 4.30. The molecule has 0 unspecified atom stereocenters. The van der Waals surface area contributed by atoms with Gasteiger partial charge in [-0.1, -0.05) is 11.3 Å². The summed E-state index contributed by atoms with van der Waals surface area (Å²) in [6, 6.07) is 8.59. The highest BCUT2D eigenvalue weighted by atomic mass is 79.9. The Morgan fingerprint density at radius 3 is 2.65 bits per heavy atom. The van der Waals surface area contributed by atoms with Crippen LogP contribution in [0.5, 0.6) is 0 Å². The number of amides is 1. The summed E-state index contributed by atoms with van der Waals surface area (Å²) in [5.41, 5.74) is 0.885. The summed E-state index contributed by atoms with van der Waals surface area (Å²) in [5, 5.41) is 0. The number of benzene rings is 1. The number of thioether (sulfide) groups is 1.